The Balaban J connectivity index is 2.30. The van der Waals surface area contributed by atoms with Gasteiger partial charge in [0.05, 0.1) is 6.04 Å². The van der Waals surface area contributed by atoms with Crippen molar-refractivity contribution in [1.29, 1.82) is 0 Å². The van der Waals surface area contributed by atoms with Crippen LogP contribution in [0.4, 0.5) is 8.78 Å². The summed E-state index contributed by atoms with van der Waals surface area (Å²) in [5.41, 5.74) is 0. The highest BCUT2D eigenvalue weighted by atomic mass is 32.2. The van der Waals surface area contributed by atoms with Gasteiger partial charge in [0.25, 0.3) is 0 Å². The Morgan fingerprint density at radius 2 is 2.00 bits per heavy atom. The Bertz CT molecular complexity index is 669. The first-order chi connectivity index (χ1) is 8.90. The maximum absolute atomic E-state index is 13.5. The van der Waals surface area contributed by atoms with Gasteiger partial charge in [-0.25, -0.2) is 21.9 Å². The molecular formula is C12H11F2NO2S2. The smallest absolute Gasteiger partial charge is 0.207 e. The molecule has 0 bridgehead atoms. The normalized spacial score (nSPS) is 13.4. The van der Waals surface area contributed by atoms with Gasteiger partial charge in [0.1, 0.15) is 16.5 Å². The molecule has 0 aliphatic rings. The standard InChI is InChI=1S/C12H11F2NO2S2/c1-8(11-3-2-6-18-11)15-19(16,17)12-7-9(13)4-5-10(12)14/h2-8,15H,1H3/t8-/m0/s1. The highest BCUT2D eigenvalue weighted by Crippen LogP contribution is 2.22. The summed E-state index contributed by atoms with van der Waals surface area (Å²) in [4.78, 5) is 0.108. The van der Waals surface area contributed by atoms with Gasteiger partial charge >= 0.3 is 0 Å². The van der Waals surface area contributed by atoms with E-state index in [0.29, 0.717) is 6.07 Å². The van der Waals surface area contributed by atoms with Crippen LogP contribution in [-0.4, -0.2) is 8.42 Å². The first-order valence-electron chi connectivity index (χ1n) is 5.41. The molecule has 3 nitrogen and oxygen atoms in total. The second-order valence-corrected chi connectivity index (χ2v) is 6.59. The number of thiophene rings is 1. The predicted molar refractivity (Wildman–Crippen MR) is 69.4 cm³/mol. The fourth-order valence-electron chi connectivity index (χ4n) is 1.58. The average molecular weight is 303 g/mol. The van der Waals surface area contributed by atoms with Crippen LogP contribution >= 0.6 is 11.3 Å². The van der Waals surface area contributed by atoms with Gasteiger partial charge in [-0.05, 0) is 36.6 Å². The van der Waals surface area contributed by atoms with Crippen LogP contribution in [0.2, 0.25) is 0 Å². The van der Waals surface area contributed by atoms with E-state index in [-0.39, 0.29) is 0 Å². The molecule has 102 valence electrons. The topological polar surface area (TPSA) is 46.2 Å². The minimum Gasteiger partial charge on any atom is -0.207 e. The van der Waals surface area contributed by atoms with Gasteiger partial charge in [-0.15, -0.1) is 11.3 Å². The molecule has 0 spiro atoms. The summed E-state index contributed by atoms with van der Waals surface area (Å²) in [5, 5.41) is 1.81. The van der Waals surface area contributed by atoms with Gasteiger partial charge in [0, 0.05) is 4.88 Å². The van der Waals surface area contributed by atoms with Crippen LogP contribution in [0.5, 0.6) is 0 Å². The molecule has 0 amide bonds. The van der Waals surface area contributed by atoms with Crippen molar-refractivity contribution in [2.45, 2.75) is 17.9 Å². The van der Waals surface area contributed by atoms with Crippen molar-refractivity contribution in [2.24, 2.45) is 0 Å². The SMILES string of the molecule is C[C@H](NS(=O)(=O)c1cc(F)ccc1F)c1cccs1. The maximum atomic E-state index is 13.5. The van der Waals surface area contributed by atoms with Gasteiger partial charge in [0.15, 0.2) is 0 Å². The Hall–Kier alpha value is -1.31. The number of hydrogen-bond donors (Lipinski definition) is 1. The first-order valence-corrected chi connectivity index (χ1v) is 7.77. The Kier molecular flexibility index (Phi) is 3.98. The van der Waals surface area contributed by atoms with Crippen molar-refractivity contribution < 1.29 is 17.2 Å². The third-order valence-electron chi connectivity index (χ3n) is 2.48. The number of halogens is 2. The highest BCUT2D eigenvalue weighted by molar-refractivity contribution is 7.89. The number of sulfonamides is 1. The third kappa shape index (κ3) is 3.17. The van der Waals surface area contributed by atoms with Crippen molar-refractivity contribution in [3.8, 4) is 0 Å². The van der Waals surface area contributed by atoms with Crippen molar-refractivity contribution >= 4 is 21.4 Å². The molecule has 0 fully saturated rings. The molecule has 2 aromatic rings. The number of hydrogen-bond acceptors (Lipinski definition) is 3. The van der Waals surface area contributed by atoms with Crippen molar-refractivity contribution in [3.05, 3.63) is 52.2 Å². The summed E-state index contributed by atoms with van der Waals surface area (Å²) < 4.78 is 52.8. The maximum Gasteiger partial charge on any atom is 0.244 e. The van der Waals surface area contributed by atoms with Crippen LogP contribution in [0.1, 0.15) is 17.8 Å². The summed E-state index contributed by atoms with van der Waals surface area (Å²) >= 11 is 1.38. The summed E-state index contributed by atoms with van der Waals surface area (Å²) in [6, 6.07) is 5.37. The van der Waals surface area contributed by atoms with E-state index in [9.17, 15) is 17.2 Å². The number of benzene rings is 1. The third-order valence-corrected chi connectivity index (χ3v) is 5.10. The second kappa shape index (κ2) is 5.36. The summed E-state index contributed by atoms with van der Waals surface area (Å²) in [6.07, 6.45) is 0. The Labute approximate surface area is 114 Å². The van der Waals surface area contributed by atoms with Crippen LogP contribution in [0.3, 0.4) is 0 Å². The lowest BCUT2D eigenvalue weighted by Crippen LogP contribution is -2.27. The summed E-state index contributed by atoms with van der Waals surface area (Å²) in [7, 11) is -4.10. The van der Waals surface area contributed by atoms with Crippen LogP contribution in [-0.2, 0) is 10.0 Å². The van der Waals surface area contributed by atoms with Gasteiger partial charge in [-0.3, -0.25) is 0 Å². The lowest BCUT2D eigenvalue weighted by atomic mass is 10.3. The molecule has 0 aliphatic heterocycles. The molecule has 1 atom stereocenters. The van der Waals surface area contributed by atoms with Gasteiger partial charge in [-0.1, -0.05) is 6.07 Å². The van der Waals surface area contributed by atoms with Gasteiger partial charge < -0.3 is 0 Å². The molecule has 1 N–H and O–H groups in total. The van der Waals surface area contributed by atoms with Crippen LogP contribution < -0.4 is 4.72 Å². The largest absolute Gasteiger partial charge is 0.244 e. The second-order valence-electron chi connectivity index (χ2n) is 3.93. The molecule has 0 unspecified atom stereocenters. The van der Waals surface area contributed by atoms with Crippen molar-refractivity contribution in [3.63, 3.8) is 0 Å². The molecule has 1 aromatic heterocycles. The fourth-order valence-corrected chi connectivity index (χ4v) is 3.70. The van der Waals surface area contributed by atoms with E-state index in [2.05, 4.69) is 4.72 Å². The molecule has 0 saturated carbocycles. The van der Waals surface area contributed by atoms with E-state index in [0.717, 1.165) is 17.0 Å². The molecule has 0 aliphatic carbocycles. The lowest BCUT2D eigenvalue weighted by Gasteiger charge is -2.13. The van der Waals surface area contributed by atoms with Crippen molar-refractivity contribution in [1.82, 2.24) is 4.72 Å². The summed E-state index contributed by atoms with van der Waals surface area (Å²) in [5.74, 6) is -1.78. The van der Waals surface area contributed by atoms with E-state index in [1.54, 1.807) is 19.1 Å². The van der Waals surface area contributed by atoms with Crippen LogP contribution in [0.25, 0.3) is 0 Å². The molecule has 1 heterocycles. The van der Waals surface area contributed by atoms with E-state index >= 15 is 0 Å². The zero-order chi connectivity index (χ0) is 14.0. The van der Waals surface area contributed by atoms with Crippen molar-refractivity contribution in [2.75, 3.05) is 0 Å². The molecule has 2 rings (SSSR count). The molecule has 19 heavy (non-hydrogen) atoms. The highest BCUT2D eigenvalue weighted by Gasteiger charge is 2.23. The zero-order valence-electron chi connectivity index (χ0n) is 9.93. The van der Waals surface area contributed by atoms with E-state index < -0.39 is 32.6 Å². The monoisotopic (exact) mass is 303 g/mol. The Morgan fingerprint density at radius 3 is 2.63 bits per heavy atom. The molecule has 1 aromatic carbocycles. The average Bonchev–Trinajstić information content (AvgIpc) is 2.85. The minimum absolute atomic E-state index is 0.507. The van der Waals surface area contributed by atoms with Gasteiger partial charge in [0.2, 0.25) is 10.0 Å². The summed E-state index contributed by atoms with van der Waals surface area (Å²) in [6.45, 7) is 1.64. The molecule has 0 radical (unpaired) electrons. The zero-order valence-corrected chi connectivity index (χ0v) is 11.6. The molecular weight excluding hydrogens is 292 g/mol. The quantitative estimate of drug-likeness (QED) is 0.943. The van der Waals surface area contributed by atoms with Gasteiger partial charge in [-0.2, -0.15) is 0 Å². The molecule has 7 heteroatoms. The first kappa shape index (κ1) is 14.1. The van der Waals surface area contributed by atoms with Crippen LogP contribution in [0.15, 0.2) is 40.6 Å². The Morgan fingerprint density at radius 1 is 1.26 bits per heavy atom. The molecule has 0 saturated heterocycles. The van der Waals surface area contributed by atoms with E-state index in [1.807, 2.05) is 5.38 Å². The lowest BCUT2D eigenvalue weighted by molar-refractivity contribution is 0.539. The minimum atomic E-state index is -4.10. The number of nitrogens with one attached hydrogen (secondary N) is 1. The fraction of sp³-hybridized carbons (Fsp3) is 0.167. The predicted octanol–water partition coefficient (Wildman–Crippen LogP) is 3.07. The van der Waals surface area contributed by atoms with E-state index in [1.165, 1.54) is 11.3 Å². The van der Waals surface area contributed by atoms with Crippen LogP contribution in [0, 0.1) is 11.6 Å². The van der Waals surface area contributed by atoms with E-state index in [4.69, 9.17) is 0 Å². The number of rotatable bonds is 4.